The van der Waals surface area contributed by atoms with Gasteiger partial charge in [-0.2, -0.15) is 0 Å². The molecule has 1 N–H and O–H groups in total. The summed E-state index contributed by atoms with van der Waals surface area (Å²) >= 11 is 19.4. The second-order valence-electron chi connectivity index (χ2n) is 8.17. The van der Waals surface area contributed by atoms with E-state index in [4.69, 9.17) is 44.3 Å². The first-order valence-electron chi connectivity index (χ1n) is 10.6. The molecule has 0 spiro atoms. The highest BCUT2D eigenvalue weighted by molar-refractivity contribution is 7.90. The van der Waals surface area contributed by atoms with E-state index in [2.05, 4.69) is 10.3 Å². The molecule has 3 heterocycles. The summed E-state index contributed by atoms with van der Waals surface area (Å²) in [5, 5.41) is 3.84. The van der Waals surface area contributed by atoms with E-state index >= 15 is 0 Å². The predicted octanol–water partition coefficient (Wildman–Crippen LogP) is 7.17. The summed E-state index contributed by atoms with van der Waals surface area (Å²) in [7, 11) is -3.29. The number of anilines is 1. The molecule has 186 valence electrons. The average Bonchev–Trinajstić information content (AvgIpc) is 3.18. The van der Waals surface area contributed by atoms with Crippen molar-refractivity contribution in [3.8, 4) is 17.4 Å². The van der Waals surface area contributed by atoms with E-state index < -0.39 is 15.1 Å². The van der Waals surface area contributed by atoms with Crippen molar-refractivity contribution < 1.29 is 22.7 Å². The number of carbonyl (C=O) groups excluding carboxylic acids is 1. The molecule has 1 aliphatic heterocycles. The Labute approximate surface area is 225 Å². The number of hydrogen-bond donors (Lipinski definition) is 1. The van der Waals surface area contributed by atoms with Crippen molar-refractivity contribution in [1.29, 1.82) is 0 Å². The first-order chi connectivity index (χ1) is 17.0. The number of rotatable bonds is 5. The normalized spacial score (nSPS) is 15.3. The Morgan fingerprint density at radius 2 is 1.83 bits per heavy atom. The maximum Gasteiger partial charge on any atom is 0.265 e. The van der Waals surface area contributed by atoms with Gasteiger partial charge in [0.15, 0.2) is 9.84 Å². The minimum absolute atomic E-state index is 0.115. The van der Waals surface area contributed by atoms with Crippen LogP contribution in [0.15, 0.2) is 48.5 Å². The zero-order valence-corrected chi connectivity index (χ0v) is 22.4. The molecule has 0 saturated heterocycles. The number of hydrogen-bond acceptors (Lipinski definition) is 7. The first kappa shape index (κ1) is 25.1. The molecule has 0 bridgehead atoms. The van der Waals surface area contributed by atoms with Crippen LogP contribution in [0.25, 0.3) is 10.1 Å². The van der Waals surface area contributed by atoms with Crippen molar-refractivity contribution in [2.75, 3.05) is 18.2 Å². The molecule has 5 rings (SSSR count). The zero-order chi connectivity index (χ0) is 25.6. The largest absolute Gasteiger partial charge is 0.493 e. The molecule has 0 aliphatic carbocycles. The van der Waals surface area contributed by atoms with Crippen LogP contribution >= 0.6 is 46.1 Å². The van der Waals surface area contributed by atoms with Gasteiger partial charge in [0.2, 0.25) is 5.88 Å². The fraction of sp³-hybridized carbons (Fsp3) is 0.167. The fourth-order valence-corrected chi connectivity index (χ4v) is 6.79. The Morgan fingerprint density at radius 3 is 2.56 bits per heavy atom. The molecule has 1 amide bonds. The van der Waals surface area contributed by atoms with Gasteiger partial charge in [-0.25, -0.2) is 13.4 Å². The number of nitrogens with one attached hydrogen (secondary N) is 1. The molecule has 1 unspecified atom stereocenters. The Hall–Kier alpha value is -2.56. The van der Waals surface area contributed by atoms with Gasteiger partial charge in [0.25, 0.3) is 5.91 Å². The maximum absolute atomic E-state index is 13.0. The number of fused-ring (bicyclic) bond motifs is 2. The Morgan fingerprint density at radius 1 is 1.08 bits per heavy atom. The number of aromatic nitrogens is 1. The lowest BCUT2D eigenvalue weighted by atomic mass is 10.0. The quantitative estimate of drug-likeness (QED) is 0.250. The van der Waals surface area contributed by atoms with Crippen LogP contribution in [0.3, 0.4) is 0 Å². The van der Waals surface area contributed by atoms with Crippen LogP contribution in [0, 0.1) is 0 Å². The van der Waals surface area contributed by atoms with E-state index in [1.54, 1.807) is 36.4 Å². The summed E-state index contributed by atoms with van der Waals surface area (Å²) in [4.78, 5) is 17.6. The number of thiophene rings is 1. The monoisotopic (exact) mass is 582 g/mol. The second-order valence-corrected chi connectivity index (χ2v) is 12.7. The smallest absolute Gasteiger partial charge is 0.265 e. The summed E-state index contributed by atoms with van der Waals surface area (Å²) in [5.41, 5.74) is 0.991. The lowest BCUT2D eigenvalue weighted by Gasteiger charge is -2.24. The molecule has 0 fully saturated rings. The second kappa shape index (κ2) is 9.72. The van der Waals surface area contributed by atoms with E-state index in [0.717, 1.165) is 10.1 Å². The van der Waals surface area contributed by atoms with Crippen LogP contribution < -0.4 is 14.8 Å². The number of benzene rings is 2. The lowest BCUT2D eigenvalue weighted by Crippen LogP contribution is -2.20. The highest BCUT2D eigenvalue weighted by Gasteiger charge is 2.30. The van der Waals surface area contributed by atoms with Crippen LogP contribution in [0.2, 0.25) is 15.2 Å². The standard InChI is InChI=1S/C24H17Cl3N2O5S2/c1-36(31,32)21-2-3-33-18-11-19-12(4-17(18)21)5-20(35-19)24(30)28-15-9-22(27)29-23(10-15)34-16-7-13(25)6-14(26)8-16/h4-11,21H,2-3H2,1H3,(H,28,29,30). The van der Waals surface area contributed by atoms with Gasteiger partial charge < -0.3 is 14.8 Å². The van der Waals surface area contributed by atoms with Gasteiger partial charge in [-0.15, -0.1) is 11.3 Å². The van der Waals surface area contributed by atoms with Crippen LogP contribution in [-0.4, -0.2) is 32.2 Å². The number of ether oxygens (including phenoxy) is 2. The topological polar surface area (TPSA) is 94.6 Å². The summed E-state index contributed by atoms with van der Waals surface area (Å²) < 4.78 is 36.7. The molecule has 7 nitrogen and oxygen atoms in total. The number of amides is 1. The van der Waals surface area contributed by atoms with Crippen LogP contribution in [0.5, 0.6) is 17.4 Å². The molecule has 2 aromatic carbocycles. The molecule has 4 aromatic rings. The average molecular weight is 584 g/mol. The van der Waals surface area contributed by atoms with Crippen LogP contribution in [0.4, 0.5) is 5.69 Å². The van der Waals surface area contributed by atoms with Gasteiger partial charge in [0.05, 0.1) is 16.7 Å². The highest BCUT2D eigenvalue weighted by Crippen LogP contribution is 2.41. The van der Waals surface area contributed by atoms with E-state index in [-0.39, 0.29) is 16.9 Å². The molecule has 36 heavy (non-hydrogen) atoms. The van der Waals surface area contributed by atoms with Crippen molar-refractivity contribution in [3.05, 3.63) is 74.2 Å². The number of sulfone groups is 1. The van der Waals surface area contributed by atoms with Gasteiger partial charge >= 0.3 is 0 Å². The Balaban J connectivity index is 1.40. The third-order valence-electron chi connectivity index (χ3n) is 5.46. The third-order valence-corrected chi connectivity index (χ3v) is 8.71. The van der Waals surface area contributed by atoms with Crippen LogP contribution in [-0.2, 0) is 9.84 Å². The van der Waals surface area contributed by atoms with Crippen molar-refractivity contribution in [2.45, 2.75) is 11.7 Å². The number of halogens is 3. The van der Waals surface area contributed by atoms with Gasteiger partial charge in [0, 0.05) is 44.7 Å². The Kier molecular flexibility index (Phi) is 6.78. The molecular formula is C24H17Cl3N2O5S2. The predicted molar refractivity (Wildman–Crippen MR) is 143 cm³/mol. The third kappa shape index (κ3) is 5.40. The minimum atomic E-state index is -3.29. The summed E-state index contributed by atoms with van der Waals surface area (Å²) in [6.45, 7) is 0.323. The van der Waals surface area contributed by atoms with E-state index in [1.807, 2.05) is 0 Å². The number of pyridine rings is 1. The molecular weight excluding hydrogens is 567 g/mol. The van der Waals surface area contributed by atoms with Gasteiger partial charge in [-0.05, 0) is 47.9 Å². The van der Waals surface area contributed by atoms with Crippen molar-refractivity contribution in [1.82, 2.24) is 4.98 Å². The summed E-state index contributed by atoms with van der Waals surface area (Å²) in [6.07, 6.45) is 1.62. The lowest BCUT2D eigenvalue weighted by molar-refractivity contribution is 0.103. The fourth-order valence-electron chi connectivity index (χ4n) is 3.95. The van der Waals surface area contributed by atoms with Crippen molar-refractivity contribution in [3.63, 3.8) is 0 Å². The molecule has 0 radical (unpaired) electrons. The van der Waals surface area contributed by atoms with Crippen molar-refractivity contribution >= 4 is 77.7 Å². The Bertz CT molecular complexity index is 1600. The van der Waals surface area contributed by atoms with Gasteiger partial charge in [-0.3, -0.25) is 4.79 Å². The van der Waals surface area contributed by atoms with E-state index in [0.29, 0.717) is 50.7 Å². The molecule has 2 aromatic heterocycles. The van der Waals surface area contributed by atoms with Crippen LogP contribution in [0.1, 0.15) is 26.9 Å². The minimum Gasteiger partial charge on any atom is -0.493 e. The zero-order valence-electron chi connectivity index (χ0n) is 18.5. The molecule has 1 atom stereocenters. The van der Waals surface area contributed by atoms with E-state index in [1.165, 1.54) is 29.7 Å². The molecule has 1 aliphatic rings. The first-order valence-corrected chi connectivity index (χ1v) is 14.5. The molecule has 0 saturated carbocycles. The summed E-state index contributed by atoms with van der Waals surface area (Å²) in [5.74, 6) is 0.669. The maximum atomic E-state index is 13.0. The van der Waals surface area contributed by atoms with Crippen molar-refractivity contribution in [2.24, 2.45) is 0 Å². The van der Waals surface area contributed by atoms with E-state index in [9.17, 15) is 13.2 Å². The van der Waals surface area contributed by atoms with Gasteiger partial charge in [0.1, 0.15) is 16.7 Å². The summed E-state index contributed by atoms with van der Waals surface area (Å²) in [6, 6.07) is 13.0. The number of nitrogens with zero attached hydrogens (tertiary/aromatic N) is 1. The SMILES string of the molecule is CS(=O)(=O)C1CCOc2cc3sc(C(=O)Nc4cc(Cl)nc(Oc5cc(Cl)cc(Cl)c5)c4)cc3cc21. The van der Waals surface area contributed by atoms with Gasteiger partial charge in [-0.1, -0.05) is 34.8 Å². The highest BCUT2D eigenvalue weighted by atomic mass is 35.5. The number of carbonyl (C=O) groups is 1. The molecule has 12 heteroatoms.